The molecule has 82 valence electrons. The molecule has 0 N–H and O–H groups in total. The van der Waals surface area contributed by atoms with Crippen molar-refractivity contribution in [3.05, 3.63) is 0 Å². The van der Waals surface area contributed by atoms with Gasteiger partial charge in [-0.05, 0) is 26.1 Å². The van der Waals surface area contributed by atoms with Crippen LogP contribution >= 0.6 is 0 Å². The molecule has 0 fully saturated rings. The van der Waals surface area contributed by atoms with E-state index in [-0.39, 0.29) is 0 Å². The number of rotatable bonds is 4. The highest BCUT2D eigenvalue weighted by atomic mass is 28.4. The molecule has 0 unspecified atom stereocenters. The number of unbranched alkanes of at least 4 members (excludes halogenated alkanes) is 1. The topological polar surface area (TPSA) is 9.23 Å². The van der Waals surface area contributed by atoms with Gasteiger partial charge < -0.3 is 4.43 Å². The van der Waals surface area contributed by atoms with Crippen LogP contribution in [0.5, 0.6) is 0 Å². The molecule has 0 aromatic carbocycles. The molecule has 0 bridgehead atoms. The molecule has 0 radical (unpaired) electrons. The second-order valence-corrected chi connectivity index (χ2v) is 14.9. The summed E-state index contributed by atoms with van der Waals surface area (Å²) in [6, 6.07) is 0. The lowest BCUT2D eigenvalue weighted by Crippen LogP contribution is -2.25. The molecule has 3 heteroatoms. The van der Waals surface area contributed by atoms with Crippen molar-refractivity contribution < 1.29 is 4.43 Å². The highest BCUT2D eigenvalue weighted by Gasteiger charge is 2.12. The summed E-state index contributed by atoms with van der Waals surface area (Å²) in [5.41, 5.74) is 3.36. The predicted octanol–water partition coefficient (Wildman–Crippen LogP) is 3.50. The van der Waals surface area contributed by atoms with E-state index < -0.39 is 16.4 Å². The third-order valence-electron chi connectivity index (χ3n) is 1.44. The summed E-state index contributed by atoms with van der Waals surface area (Å²) in [5.74, 6) is 3.26. The molecular formula is C11H24OSi2. The summed E-state index contributed by atoms with van der Waals surface area (Å²) < 4.78 is 5.74. The molecule has 0 saturated carbocycles. The molecule has 0 spiro atoms. The molecule has 0 rings (SSSR count). The van der Waals surface area contributed by atoms with Crippen LogP contribution in [0.2, 0.25) is 39.3 Å². The van der Waals surface area contributed by atoms with Crippen molar-refractivity contribution in [1.29, 1.82) is 0 Å². The Hall–Kier alpha value is -0.0462. The summed E-state index contributed by atoms with van der Waals surface area (Å²) in [6.07, 6.45) is 2.08. The highest BCUT2D eigenvalue weighted by molar-refractivity contribution is 6.83. The SMILES string of the molecule is C[Si](C)(C)C#CCCCO[Si](C)(C)C. The fourth-order valence-corrected chi connectivity index (χ4v) is 2.28. The van der Waals surface area contributed by atoms with Gasteiger partial charge >= 0.3 is 0 Å². The second kappa shape index (κ2) is 5.74. The minimum atomic E-state index is -1.29. The van der Waals surface area contributed by atoms with E-state index in [1.54, 1.807) is 0 Å². The lowest BCUT2D eigenvalue weighted by Gasteiger charge is -2.16. The maximum atomic E-state index is 5.74. The van der Waals surface area contributed by atoms with Gasteiger partial charge in [-0.15, -0.1) is 11.5 Å². The fourth-order valence-electron chi connectivity index (χ4n) is 0.867. The van der Waals surface area contributed by atoms with Crippen molar-refractivity contribution in [3.8, 4) is 11.5 Å². The maximum absolute atomic E-state index is 5.74. The first-order chi connectivity index (χ1) is 6.21. The van der Waals surface area contributed by atoms with Gasteiger partial charge in [-0.3, -0.25) is 0 Å². The second-order valence-electron chi connectivity index (χ2n) is 5.62. The van der Waals surface area contributed by atoms with E-state index in [4.69, 9.17) is 4.43 Å². The molecule has 0 aromatic heterocycles. The molecule has 0 aromatic rings. The van der Waals surface area contributed by atoms with E-state index in [9.17, 15) is 0 Å². The van der Waals surface area contributed by atoms with Crippen molar-refractivity contribution >= 4 is 16.4 Å². The fraction of sp³-hybridized carbons (Fsp3) is 0.818. The quantitative estimate of drug-likeness (QED) is 0.406. The van der Waals surface area contributed by atoms with Gasteiger partial charge in [-0.25, -0.2) is 0 Å². The summed E-state index contributed by atoms with van der Waals surface area (Å²) >= 11 is 0. The van der Waals surface area contributed by atoms with E-state index in [1.807, 2.05) is 0 Å². The monoisotopic (exact) mass is 228 g/mol. The van der Waals surface area contributed by atoms with Crippen LogP contribution in [0.4, 0.5) is 0 Å². The average Bonchev–Trinajstić information content (AvgIpc) is 1.92. The van der Waals surface area contributed by atoms with Crippen molar-refractivity contribution in [3.63, 3.8) is 0 Å². The molecule has 0 atom stereocenters. The first-order valence-electron chi connectivity index (χ1n) is 5.35. The van der Waals surface area contributed by atoms with Crippen molar-refractivity contribution in [2.24, 2.45) is 0 Å². The van der Waals surface area contributed by atoms with Gasteiger partial charge in [-0.2, -0.15) is 0 Å². The molecule has 0 aliphatic rings. The van der Waals surface area contributed by atoms with E-state index in [0.29, 0.717) is 0 Å². The van der Waals surface area contributed by atoms with E-state index >= 15 is 0 Å². The molecule has 0 heterocycles. The number of hydrogen-bond donors (Lipinski definition) is 0. The summed E-state index contributed by atoms with van der Waals surface area (Å²) in [6.45, 7) is 14.4. The molecule has 0 aliphatic carbocycles. The zero-order valence-electron chi connectivity index (χ0n) is 10.5. The van der Waals surface area contributed by atoms with E-state index in [2.05, 4.69) is 50.7 Å². The Morgan fingerprint density at radius 2 is 1.57 bits per heavy atom. The minimum absolute atomic E-state index is 0.885. The Kier molecular flexibility index (Phi) is 5.72. The zero-order chi connectivity index (χ0) is 11.2. The lowest BCUT2D eigenvalue weighted by molar-refractivity contribution is 0.307. The summed E-state index contributed by atoms with van der Waals surface area (Å²) in [5, 5.41) is 0. The largest absolute Gasteiger partial charge is 0.418 e. The molecule has 0 aliphatic heterocycles. The van der Waals surface area contributed by atoms with Crippen LogP contribution in [0.3, 0.4) is 0 Å². The predicted molar refractivity (Wildman–Crippen MR) is 69.7 cm³/mol. The molecule has 0 saturated heterocycles. The average molecular weight is 228 g/mol. The smallest absolute Gasteiger partial charge is 0.183 e. The van der Waals surface area contributed by atoms with E-state index in [1.165, 1.54) is 0 Å². The number of hydrogen-bond acceptors (Lipinski definition) is 1. The van der Waals surface area contributed by atoms with Crippen LogP contribution in [0.15, 0.2) is 0 Å². The highest BCUT2D eigenvalue weighted by Crippen LogP contribution is 2.04. The summed E-state index contributed by atoms with van der Waals surface area (Å²) in [4.78, 5) is 0. The Balaban J connectivity index is 3.52. The van der Waals surface area contributed by atoms with Gasteiger partial charge in [0.2, 0.25) is 0 Å². The van der Waals surface area contributed by atoms with E-state index in [0.717, 1.165) is 19.4 Å². The molecule has 1 nitrogen and oxygen atoms in total. The van der Waals surface area contributed by atoms with Gasteiger partial charge in [0.15, 0.2) is 8.32 Å². The van der Waals surface area contributed by atoms with Gasteiger partial charge in [0.1, 0.15) is 8.07 Å². The Morgan fingerprint density at radius 1 is 1.00 bits per heavy atom. The zero-order valence-corrected chi connectivity index (χ0v) is 12.5. The first kappa shape index (κ1) is 14.0. The first-order valence-corrected chi connectivity index (χ1v) is 12.3. The van der Waals surface area contributed by atoms with Crippen LogP contribution in [0.25, 0.3) is 0 Å². The van der Waals surface area contributed by atoms with Gasteiger partial charge in [0.05, 0.1) is 0 Å². The third-order valence-corrected chi connectivity index (χ3v) is 3.44. The lowest BCUT2D eigenvalue weighted by atomic mass is 10.3. The molecular weight excluding hydrogens is 204 g/mol. The van der Waals surface area contributed by atoms with Crippen LogP contribution in [0.1, 0.15) is 12.8 Å². The van der Waals surface area contributed by atoms with Crippen molar-refractivity contribution in [2.45, 2.75) is 52.1 Å². The van der Waals surface area contributed by atoms with Gasteiger partial charge in [-0.1, -0.05) is 19.6 Å². The van der Waals surface area contributed by atoms with Crippen molar-refractivity contribution in [2.75, 3.05) is 6.61 Å². The molecule has 0 amide bonds. The molecule has 14 heavy (non-hydrogen) atoms. The van der Waals surface area contributed by atoms with Crippen LogP contribution < -0.4 is 0 Å². The van der Waals surface area contributed by atoms with Crippen LogP contribution in [-0.4, -0.2) is 23.0 Å². The Bertz CT molecular complexity index is 212. The normalized spacial score (nSPS) is 12.1. The maximum Gasteiger partial charge on any atom is 0.183 e. The van der Waals surface area contributed by atoms with Gasteiger partial charge in [0.25, 0.3) is 0 Å². The Labute approximate surface area is 91.4 Å². The van der Waals surface area contributed by atoms with Gasteiger partial charge in [0, 0.05) is 13.0 Å². The third kappa shape index (κ3) is 12.0. The van der Waals surface area contributed by atoms with Crippen molar-refractivity contribution in [1.82, 2.24) is 0 Å². The summed E-state index contributed by atoms with van der Waals surface area (Å²) in [7, 11) is -2.44. The van der Waals surface area contributed by atoms with Crippen LogP contribution in [0, 0.1) is 11.5 Å². The minimum Gasteiger partial charge on any atom is -0.418 e. The van der Waals surface area contributed by atoms with Crippen LogP contribution in [-0.2, 0) is 4.43 Å². The standard InChI is InChI=1S/C11H24OSi2/c1-13(2,3)11-9-7-8-10-12-14(4,5)6/h7-8,10H2,1-6H3. The Morgan fingerprint density at radius 3 is 2.00 bits per heavy atom.